The predicted octanol–water partition coefficient (Wildman–Crippen LogP) is 1.56. The average molecular weight is 163 g/mol. The fourth-order valence-corrected chi connectivity index (χ4v) is 0.340. The quantitative estimate of drug-likeness (QED) is 0.628. The highest BCUT2D eigenvalue weighted by molar-refractivity contribution is 5.74. The van der Waals surface area contributed by atoms with Gasteiger partial charge >= 0.3 is 5.97 Å². The van der Waals surface area contributed by atoms with E-state index in [0.717, 1.165) is 0 Å². The lowest BCUT2D eigenvalue weighted by Gasteiger charge is -2.08. The molecule has 0 spiro atoms. The Morgan fingerprint density at radius 3 is 1.82 bits per heavy atom. The fourth-order valence-electron chi connectivity index (χ4n) is 0.340. The molecule has 0 fully saturated rings. The van der Waals surface area contributed by atoms with Gasteiger partial charge in [-0.05, 0) is 20.8 Å². The zero-order valence-electron chi connectivity index (χ0n) is 8.05. The third-order valence-corrected chi connectivity index (χ3v) is 0.724. The Balaban J connectivity index is -0.000000249. The summed E-state index contributed by atoms with van der Waals surface area (Å²) in [6.07, 6.45) is -0.0662. The Morgan fingerprint density at radius 2 is 1.73 bits per heavy atom. The molecule has 0 aliphatic rings. The molecule has 0 aromatic rings. The van der Waals surface area contributed by atoms with Crippen molar-refractivity contribution >= 4 is 5.97 Å². The highest BCUT2D eigenvalue weighted by Crippen LogP contribution is 1.90. The van der Waals surface area contributed by atoms with Crippen molar-refractivity contribution in [3.8, 4) is 0 Å². The van der Waals surface area contributed by atoms with Gasteiger partial charge in [0, 0.05) is 1.43 Å². The summed E-state index contributed by atoms with van der Waals surface area (Å²) < 4.78 is 4.75. The van der Waals surface area contributed by atoms with Gasteiger partial charge in [0.1, 0.15) is 6.04 Å². The molecule has 0 heterocycles. The van der Waals surface area contributed by atoms with Gasteiger partial charge in [0.05, 0.1) is 6.10 Å². The highest BCUT2D eigenvalue weighted by Gasteiger charge is 2.09. The topological polar surface area (TPSA) is 52.3 Å². The normalized spacial score (nSPS) is 11.5. The van der Waals surface area contributed by atoms with Gasteiger partial charge in [-0.3, -0.25) is 4.79 Å². The lowest BCUT2D eigenvalue weighted by molar-refractivity contribution is -0.148. The van der Waals surface area contributed by atoms with E-state index < -0.39 is 6.04 Å². The summed E-state index contributed by atoms with van der Waals surface area (Å²) in [7, 11) is 0. The smallest absolute Gasteiger partial charge is 0.322 e. The van der Waals surface area contributed by atoms with Crippen LogP contribution in [0.25, 0.3) is 0 Å². The highest BCUT2D eigenvalue weighted by atomic mass is 16.5. The molecule has 0 aliphatic heterocycles. The molecule has 0 saturated heterocycles. The maximum atomic E-state index is 10.6. The Bertz CT molecular complexity index is 105. The lowest BCUT2D eigenvalue weighted by Crippen LogP contribution is -2.30. The summed E-state index contributed by atoms with van der Waals surface area (Å²) >= 11 is 0. The molecule has 0 radical (unpaired) electrons. The van der Waals surface area contributed by atoms with E-state index in [4.69, 9.17) is 10.5 Å². The van der Waals surface area contributed by atoms with E-state index in [1.165, 1.54) is 0 Å². The van der Waals surface area contributed by atoms with Gasteiger partial charge in [0.2, 0.25) is 0 Å². The van der Waals surface area contributed by atoms with Crippen LogP contribution in [0.5, 0.6) is 0 Å². The predicted molar refractivity (Wildman–Crippen MR) is 48.3 cm³/mol. The molecule has 0 aromatic heterocycles. The molecule has 0 saturated carbocycles. The molecule has 0 bridgehead atoms. The van der Waals surface area contributed by atoms with E-state index in [1.807, 2.05) is 13.8 Å². The van der Waals surface area contributed by atoms with Crippen LogP contribution >= 0.6 is 0 Å². The third-order valence-electron chi connectivity index (χ3n) is 0.724. The van der Waals surface area contributed by atoms with Crippen molar-refractivity contribution in [3.63, 3.8) is 0 Å². The van der Waals surface area contributed by atoms with Gasteiger partial charge in [-0.1, -0.05) is 13.8 Å². The lowest BCUT2D eigenvalue weighted by atomic mass is 10.4. The minimum atomic E-state index is -0.507. The number of hydrogen-bond acceptors (Lipinski definition) is 3. The van der Waals surface area contributed by atoms with Crippen LogP contribution in [0, 0.1) is 0 Å². The Kier molecular flexibility index (Phi) is 8.94. The number of nitrogens with two attached hydrogens (primary N) is 1. The molecule has 0 unspecified atom stereocenters. The van der Waals surface area contributed by atoms with E-state index in [-0.39, 0.29) is 13.5 Å². The van der Waals surface area contributed by atoms with Crippen molar-refractivity contribution in [1.82, 2.24) is 0 Å². The molecule has 1 atom stereocenters. The zero-order chi connectivity index (χ0) is 9.44. The second-order valence-corrected chi connectivity index (χ2v) is 2.27. The molecule has 3 nitrogen and oxygen atoms in total. The van der Waals surface area contributed by atoms with Crippen molar-refractivity contribution in [2.75, 3.05) is 0 Å². The molecule has 11 heavy (non-hydrogen) atoms. The summed E-state index contributed by atoms with van der Waals surface area (Å²) in [5.74, 6) is -0.343. The van der Waals surface area contributed by atoms with E-state index in [1.54, 1.807) is 20.8 Å². The second-order valence-electron chi connectivity index (χ2n) is 2.27. The van der Waals surface area contributed by atoms with Gasteiger partial charge in [-0.2, -0.15) is 0 Å². The number of carbonyl (C=O) groups excluding carboxylic acids is 1. The minimum Gasteiger partial charge on any atom is -0.462 e. The molecule has 3 heteroatoms. The van der Waals surface area contributed by atoms with Crippen molar-refractivity contribution in [2.45, 2.75) is 46.8 Å². The zero-order valence-corrected chi connectivity index (χ0v) is 8.05. The summed E-state index contributed by atoms with van der Waals surface area (Å²) in [5.41, 5.74) is 5.21. The molecule has 2 N–H and O–H groups in total. The minimum absolute atomic E-state index is 0. The Labute approximate surface area is 70.4 Å². The monoisotopic (exact) mass is 163 g/mol. The fraction of sp³-hybridized carbons (Fsp3) is 0.875. The summed E-state index contributed by atoms with van der Waals surface area (Å²) in [4.78, 5) is 10.6. The molecule has 70 valence electrons. The SMILES string of the molecule is CC.CC(C)OC(=O)[C@H](C)N.[HH]. The van der Waals surface area contributed by atoms with E-state index >= 15 is 0 Å². The third kappa shape index (κ3) is 9.43. The first-order chi connectivity index (χ1) is 5.04. The van der Waals surface area contributed by atoms with Crippen LogP contribution in [0.2, 0.25) is 0 Å². The van der Waals surface area contributed by atoms with Crippen LogP contribution in [0.3, 0.4) is 0 Å². The Morgan fingerprint density at radius 1 is 1.36 bits per heavy atom. The number of rotatable bonds is 2. The van der Waals surface area contributed by atoms with Crippen molar-refractivity contribution in [1.29, 1.82) is 0 Å². The maximum Gasteiger partial charge on any atom is 0.322 e. The van der Waals surface area contributed by atoms with E-state index in [2.05, 4.69) is 0 Å². The summed E-state index contributed by atoms with van der Waals surface area (Å²) in [5, 5.41) is 0. The molecule has 0 rings (SSSR count). The molecule has 0 amide bonds. The van der Waals surface area contributed by atoms with E-state index in [9.17, 15) is 4.79 Å². The van der Waals surface area contributed by atoms with Gasteiger partial charge in [0.25, 0.3) is 0 Å². The standard InChI is InChI=1S/C6H13NO2.C2H6.H2/c1-4(2)9-6(8)5(3)7;1-2;/h4-5H,7H2,1-3H3;1-2H3;1H/t5-;;/m0../s1. The average Bonchev–Trinajstić information content (AvgIpc) is 1.90. The molecule has 0 aromatic carbocycles. The van der Waals surface area contributed by atoms with Gasteiger partial charge < -0.3 is 10.5 Å². The number of hydrogen-bond donors (Lipinski definition) is 1. The summed E-state index contributed by atoms with van der Waals surface area (Å²) in [6.45, 7) is 9.19. The van der Waals surface area contributed by atoms with Crippen LogP contribution in [0.15, 0.2) is 0 Å². The van der Waals surface area contributed by atoms with Crippen LogP contribution in [-0.2, 0) is 9.53 Å². The largest absolute Gasteiger partial charge is 0.462 e. The van der Waals surface area contributed by atoms with Gasteiger partial charge in [-0.25, -0.2) is 0 Å². The van der Waals surface area contributed by atoms with Gasteiger partial charge in [-0.15, -0.1) is 0 Å². The second kappa shape index (κ2) is 7.54. The van der Waals surface area contributed by atoms with Crippen molar-refractivity contribution < 1.29 is 11.0 Å². The maximum absolute atomic E-state index is 10.6. The molecular weight excluding hydrogens is 142 g/mol. The first-order valence-electron chi connectivity index (χ1n) is 4.00. The van der Waals surface area contributed by atoms with Crippen LogP contribution in [0.1, 0.15) is 36.0 Å². The number of ether oxygens (including phenoxy) is 1. The van der Waals surface area contributed by atoms with Crippen molar-refractivity contribution in [3.05, 3.63) is 0 Å². The number of carbonyl (C=O) groups is 1. The van der Waals surface area contributed by atoms with Crippen LogP contribution in [-0.4, -0.2) is 18.1 Å². The van der Waals surface area contributed by atoms with E-state index in [0.29, 0.717) is 0 Å². The first-order valence-corrected chi connectivity index (χ1v) is 4.00. The number of esters is 1. The first kappa shape index (κ1) is 13.1. The van der Waals surface area contributed by atoms with Crippen LogP contribution in [0.4, 0.5) is 0 Å². The van der Waals surface area contributed by atoms with Crippen molar-refractivity contribution in [2.24, 2.45) is 5.73 Å². The molecule has 0 aliphatic carbocycles. The molecular formula is C8H21NO2. The summed E-state index contributed by atoms with van der Waals surface area (Å²) in [6, 6.07) is -0.507. The Hall–Kier alpha value is -0.570. The van der Waals surface area contributed by atoms with Crippen LogP contribution < -0.4 is 5.73 Å². The van der Waals surface area contributed by atoms with Gasteiger partial charge in [0.15, 0.2) is 0 Å².